The molecule has 0 aliphatic carbocycles. The van der Waals surface area contributed by atoms with E-state index in [4.69, 9.17) is 4.74 Å². The van der Waals surface area contributed by atoms with Gasteiger partial charge in [-0.25, -0.2) is 0 Å². The molecule has 0 aliphatic rings. The molecular weight excluding hydrogens is 420 g/mol. The Morgan fingerprint density at radius 2 is 0.941 bits per heavy atom. The second-order valence-corrected chi connectivity index (χ2v) is 10.8. The van der Waals surface area contributed by atoms with Gasteiger partial charge in [-0.2, -0.15) is 0 Å². The number of ether oxygens (including phenoxy) is 1. The van der Waals surface area contributed by atoms with E-state index in [0.29, 0.717) is 12.8 Å². The third kappa shape index (κ3) is 22.9. The second kappa shape index (κ2) is 25.2. The van der Waals surface area contributed by atoms with Crippen LogP contribution in [0.2, 0.25) is 0 Å². The third-order valence-electron chi connectivity index (χ3n) is 6.99. The number of carbonyl (C=O) groups is 2. The van der Waals surface area contributed by atoms with Crippen LogP contribution in [0.3, 0.4) is 0 Å². The van der Waals surface area contributed by atoms with E-state index in [1.807, 2.05) is 13.8 Å². The van der Waals surface area contributed by atoms with Crippen LogP contribution in [0.5, 0.6) is 0 Å². The van der Waals surface area contributed by atoms with Crippen molar-refractivity contribution < 1.29 is 14.3 Å². The molecule has 0 aromatic carbocycles. The zero-order chi connectivity index (χ0) is 25.3. The van der Waals surface area contributed by atoms with Crippen LogP contribution in [-0.2, 0) is 14.3 Å². The molecule has 0 aromatic rings. The number of ketones is 1. The molecule has 0 radical (unpaired) electrons. The summed E-state index contributed by atoms with van der Waals surface area (Å²) in [6.45, 7) is 8.39. The molecule has 202 valence electrons. The second-order valence-electron chi connectivity index (χ2n) is 10.8. The predicted octanol–water partition coefficient (Wildman–Crippen LogP) is 10.1. The van der Waals surface area contributed by atoms with Gasteiger partial charge in [-0.05, 0) is 19.3 Å². The summed E-state index contributed by atoms with van der Waals surface area (Å²) >= 11 is 0. The third-order valence-corrected chi connectivity index (χ3v) is 6.99. The van der Waals surface area contributed by atoms with Crippen LogP contribution >= 0.6 is 0 Å². The molecule has 0 rings (SSSR count). The molecule has 0 fully saturated rings. The first-order valence-electron chi connectivity index (χ1n) is 15.2. The molecule has 0 bridgehead atoms. The van der Waals surface area contributed by atoms with Gasteiger partial charge in [0, 0.05) is 18.8 Å². The summed E-state index contributed by atoms with van der Waals surface area (Å²) in [7, 11) is 0. The van der Waals surface area contributed by atoms with Crippen molar-refractivity contribution in [3.63, 3.8) is 0 Å². The van der Waals surface area contributed by atoms with Gasteiger partial charge in [-0.1, -0.05) is 143 Å². The number of carbonyl (C=O) groups excluding carboxylic acids is 2. The summed E-state index contributed by atoms with van der Waals surface area (Å²) in [4.78, 5) is 24.7. The van der Waals surface area contributed by atoms with Crippen LogP contribution in [0.25, 0.3) is 0 Å². The summed E-state index contributed by atoms with van der Waals surface area (Å²) in [6.07, 6.45) is 27.1. The van der Waals surface area contributed by atoms with Crippen molar-refractivity contribution >= 4 is 11.8 Å². The Balaban J connectivity index is 3.94. The van der Waals surface area contributed by atoms with Gasteiger partial charge in [0.15, 0.2) is 0 Å². The van der Waals surface area contributed by atoms with E-state index in [-0.39, 0.29) is 23.8 Å². The molecule has 0 saturated heterocycles. The van der Waals surface area contributed by atoms with Gasteiger partial charge in [0.05, 0.1) is 0 Å². The molecule has 0 saturated carbocycles. The highest BCUT2D eigenvalue weighted by atomic mass is 16.5. The first-order chi connectivity index (χ1) is 16.5. The van der Waals surface area contributed by atoms with Crippen molar-refractivity contribution in [1.29, 1.82) is 0 Å². The number of rotatable bonds is 26. The average Bonchev–Trinajstić information content (AvgIpc) is 2.81. The van der Waals surface area contributed by atoms with E-state index in [9.17, 15) is 9.59 Å². The fourth-order valence-corrected chi connectivity index (χ4v) is 4.52. The lowest BCUT2D eigenvalue weighted by molar-refractivity contribution is -0.151. The summed E-state index contributed by atoms with van der Waals surface area (Å²) < 4.78 is 5.78. The first kappa shape index (κ1) is 33.1. The number of hydrogen-bond acceptors (Lipinski definition) is 3. The van der Waals surface area contributed by atoms with Gasteiger partial charge in [-0.15, -0.1) is 0 Å². The molecule has 0 N–H and O–H groups in total. The number of Topliss-reactive ketones (excluding diaryl/α,β-unsaturated/α-hetero) is 1. The Bertz CT molecular complexity index is 458. The largest absolute Gasteiger partial charge is 0.462 e. The fraction of sp³-hybridized carbons (Fsp3) is 0.935. The van der Waals surface area contributed by atoms with Gasteiger partial charge >= 0.3 is 5.97 Å². The van der Waals surface area contributed by atoms with Crippen LogP contribution in [0.15, 0.2) is 0 Å². The monoisotopic (exact) mass is 480 g/mol. The lowest BCUT2D eigenvalue weighted by Crippen LogP contribution is -2.23. The average molecular weight is 481 g/mol. The fourth-order valence-electron chi connectivity index (χ4n) is 4.52. The van der Waals surface area contributed by atoms with Crippen molar-refractivity contribution in [1.82, 2.24) is 0 Å². The van der Waals surface area contributed by atoms with Crippen molar-refractivity contribution in [2.45, 2.75) is 181 Å². The molecule has 0 spiro atoms. The lowest BCUT2D eigenvalue weighted by Gasteiger charge is -2.18. The van der Waals surface area contributed by atoms with Crippen molar-refractivity contribution in [2.75, 3.05) is 0 Å². The van der Waals surface area contributed by atoms with E-state index in [0.717, 1.165) is 25.7 Å². The van der Waals surface area contributed by atoms with Crippen LogP contribution < -0.4 is 0 Å². The maximum absolute atomic E-state index is 12.4. The number of hydrogen-bond donors (Lipinski definition) is 0. The van der Waals surface area contributed by atoms with Gasteiger partial charge in [0.2, 0.25) is 0 Å². The molecule has 0 unspecified atom stereocenters. The lowest BCUT2D eigenvalue weighted by atomic mass is 9.98. The quantitative estimate of drug-likeness (QED) is 0.0913. The zero-order valence-electron chi connectivity index (χ0n) is 23.6. The van der Waals surface area contributed by atoms with Gasteiger partial charge < -0.3 is 4.74 Å². The summed E-state index contributed by atoms with van der Waals surface area (Å²) in [5.41, 5.74) is 0. The van der Waals surface area contributed by atoms with Crippen LogP contribution in [0, 0.1) is 5.92 Å². The van der Waals surface area contributed by atoms with E-state index < -0.39 is 0 Å². The minimum atomic E-state index is -0.223. The van der Waals surface area contributed by atoms with E-state index in [1.165, 1.54) is 109 Å². The number of esters is 1. The summed E-state index contributed by atoms with van der Waals surface area (Å²) in [6, 6.07) is 0. The highest BCUT2D eigenvalue weighted by molar-refractivity contribution is 5.81. The molecule has 0 aromatic heterocycles. The van der Waals surface area contributed by atoms with Crippen molar-refractivity contribution in [2.24, 2.45) is 5.92 Å². The maximum Gasteiger partial charge on any atom is 0.306 e. The SMILES string of the molecule is CCCCCCCCCCCCCC(=O)O[C@H](CCCCCCCCCCC)CC(=O)C(C)C. The van der Waals surface area contributed by atoms with E-state index >= 15 is 0 Å². The minimum Gasteiger partial charge on any atom is -0.462 e. The molecule has 34 heavy (non-hydrogen) atoms. The molecule has 3 heteroatoms. The smallest absolute Gasteiger partial charge is 0.306 e. The van der Waals surface area contributed by atoms with Gasteiger partial charge in [0.1, 0.15) is 11.9 Å². The van der Waals surface area contributed by atoms with Crippen LogP contribution in [-0.4, -0.2) is 17.9 Å². The predicted molar refractivity (Wildman–Crippen MR) is 147 cm³/mol. The van der Waals surface area contributed by atoms with Crippen LogP contribution in [0.4, 0.5) is 0 Å². The molecule has 0 heterocycles. The number of unbranched alkanes of at least 4 members (excludes halogenated alkanes) is 18. The first-order valence-corrected chi connectivity index (χ1v) is 15.2. The molecule has 0 amide bonds. The van der Waals surface area contributed by atoms with Gasteiger partial charge in [-0.3, -0.25) is 9.59 Å². The van der Waals surface area contributed by atoms with E-state index in [1.54, 1.807) is 0 Å². The minimum absolute atomic E-state index is 0.0102. The Morgan fingerprint density at radius 1 is 0.559 bits per heavy atom. The topological polar surface area (TPSA) is 43.4 Å². The molecule has 3 nitrogen and oxygen atoms in total. The molecule has 0 aliphatic heterocycles. The Morgan fingerprint density at radius 3 is 1.35 bits per heavy atom. The van der Waals surface area contributed by atoms with Crippen molar-refractivity contribution in [3.05, 3.63) is 0 Å². The summed E-state index contributed by atoms with van der Waals surface area (Å²) in [5, 5.41) is 0. The van der Waals surface area contributed by atoms with Crippen molar-refractivity contribution in [3.8, 4) is 0 Å². The summed E-state index contributed by atoms with van der Waals surface area (Å²) in [5.74, 6) is 0.118. The van der Waals surface area contributed by atoms with E-state index in [2.05, 4.69) is 13.8 Å². The highest BCUT2D eigenvalue weighted by Crippen LogP contribution is 2.18. The normalized spacial score (nSPS) is 12.3. The van der Waals surface area contributed by atoms with Crippen LogP contribution in [0.1, 0.15) is 175 Å². The maximum atomic E-state index is 12.4. The Labute approximate surface area is 213 Å². The standard InChI is InChI=1S/C31H60O3/c1-5-7-9-11-13-15-16-18-20-22-24-26-31(33)34-29(27-30(32)28(3)4)25-23-21-19-17-14-12-10-8-6-2/h28-29H,5-27H2,1-4H3/t29-/m1/s1. The Kier molecular flexibility index (Phi) is 24.6. The van der Waals surface area contributed by atoms with Gasteiger partial charge in [0.25, 0.3) is 0 Å². The molecule has 1 atom stereocenters. The molecular formula is C31H60O3. The Hall–Kier alpha value is -0.860. The highest BCUT2D eigenvalue weighted by Gasteiger charge is 2.19. The zero-order valence-corrected chi connectivity index (χ0v) is 23.6.